The molecule has 0 spiro atoms. The van der Waals surface area contributed by atoms with Gasteiger partial charge in [-0.25, -0.2) is 4.39 Å². The van der Waals surface area contributed by atoms with Crippen LogP contribution in [0.15, 0.2) is 22.7 Å². The Balaban J connectivity index is 2.43. The lowest BCUT2D eigenvalue weighted by Crippen LogP contribution is -2.39. The summed E-state index contributed by atoms with van der Waals surface area (Å²) < 4.78 is 14.6. The number of halogens is 2. The molecule has 2 nitrogen and oxygen atoms in total. The second-order valence-electron chi connectivity index (χ2n) is 5.19. The van der Waals surface area contributed by atoms with Crippen molar-refractivity contribution in [3.8, 4) is 0 Å². The third-order valence-corrected chi connectivity index (χ3v) is 4.41. The normalized spacial score (nSPS) is 23.6. The molecule has 2 rings (SSSR count). The first-order valence-electron chi connectivity index (χ1n) is 6.18. The van der Waals surface area contributed by atoms with Gasteiger partial charge in [0.15, 0.2) is 5.78 Å². The van der Waals surface area contributed by atoms with Gasteiger partial charge in [-0.05, 0) is 37.1 Å². The van der Waals surface area contributed by atoms with E-state index in [4.69, 9.17) is 0 Å². The minimum Gasteiger partial charge on any atom is -0.316 e. The largest absolute Gasteiger partial charge is 0.316 e. The summed E-state index contributed by atoms with van der Waals surface area (Å²) >= 11 is 3.29. The zero-order valence-electron chi connectivity index (χ0n) is 10.6. The lowest BCUT2D eigenvalue weighted by atomic mass is 9.71. The molecule has 1 aliphatic heterocycles. The quantitative estimate of drug-likeness (QED) is 0.866. The molecule has 4 heteroatoms. The predicted octanol–water partition coefficient (Wildman–Crippen LogP) is 3.41. The number of benzene rings is 1. The molecule has 0 amide bonds. The molecule has 1 saturated heterocycles. The van der Waals surface area contributed by atoms with Crippen LogP contribution in [0.5, 0.6) is 0 Å². The number of carbonyl (C=O) groups is 1. The van der Waals surface area contributed by atoms with Crippen LogP contribution in [-0.2, 0) is 0 Å². The van der Waals surface area contributed by atoms with Crippen LogP contribution < -0.4 is 5.32 Å². The first kappa shape index (κ1) is 13.7. The fraction of sp³-hybridized carbons (Fsp3) is 0.500. The fourth-order valence-corrected chi connectivity index (χ4v) is 2.96. The molecule has 1 aromatic rings. The van der Waals surface area contributed by atoms with E-state index in [-0.39, 0.29) is 17.3 Å². The van der Waals surface area contributed by atoms with E-state index in [0.717, 1.165) is 17.4 Å². The Morgan fingerprint density at radius 2 is 2.22 bits per heavy atom. The summed E-state index contributed by atoms with van der Waals surface area (Å²) in [4.78, 5) is 12.7. The van der Waals surface area contributed by atoms with Crippen molar-refractivity contribution in [2.45, 2.75) is 20.3 Å². The number of rotatable bonds is 3. The van der Waals surface area contributed by atoms with Crippen LogP contribution in [0, 0.1) is 17.2 Å². The van der Waals surface area contributed by atoms with Crippen LogP contribution in [0.3, 0.4) is 0 Å². The minimum atomic E-state index is -0.471. The first-order valence-corrected chi connectivity index (χ1v) is 6.97. The van der Waals surface area contributed by atoms with Gasteiger partial charge < -0.3 is 5.32 Å². The van der Waals surface area contributed by atoms with E-state index in [0.29, 0.717) is 6.54 Å². The monoisotopic (exact) mass is 313 g/mol. The van der Waals surface area contributed by atoms with Crippen LogP contribution in [0.25, 0.3) is 0 Å². The maximum Gasteiger partial charge on any atom is 0.173 e. The van der Waals surface area contributed by atoms with Crippen molar-refractivity contribution in [3.05, 3.63) is 34.1 Å². The van der Waals surface area contributed by atoms with Crippen molar-refractivity contribution >= 4 is 21.7 Å². The lowest BCUT2D eigenvalue weighted by molar-refractivity contribution is 0.0735. The summed E-state index contributed by atoms with van der Waals surface area (Å²) in [6.45, 7) is 5.51. The molecular weight excluding hydrogens is 297 g/mol. The standard InChI is InChI=1S/C14H17BrFNO/c1-9(2)14(5-6-17-8-14)13(18)11-7-10(15)3-4-12(11)16/h3-4,7,9,17H,5-6,8H2,1-2H3. The van der Waals surface area contributed by atoms with Gasteiger partial charge in [0.05, 0.1) is 5.56 Å². The number of hydrogen-bond acceptors (Lipinski definition) is 2. The topological polar surface area (TPSA) is 29.1 Å². The maximum atomic E-state index is 13.8. The molecule has 1 heterocycles. The lowest BCUT2D eigenvalue weighted by Gasteiger charge is -2.31. The highest BCUT2D eigenvalue weighted by Crippen LogP contribution is 2.38. The van der Waals surface area contributed by atoms with E-state index >= 15 is 0 Å². The van der Waals surface area contributed by atoms with Crippen molar-refractivity contribution in [3.63, 3.8) is 0 Å². The van der Waals surface area contributed by atoms with Crippen LogP contribution in [0.4, 0.5) is 4.39 Å². The molecule has 0 radical (unpaired) electrons. The molecule has 0 aromatic heterocycles. The van der Waals surface area contributed by atoms with Crippen LogP contribution in [-0.4, -0.2) is 18.9 Å². The maximum absolute atomic E-state index is 13.8. The highest BCUT2D eigenvalue weighted by molar-refractivity contribution is 9.10. The summed E-state index contributed by atoms with van der Waals surface area (Å²) in [6.07, 6.45) is 0.773. The molecule has 1 aromatic carbocycles. The van der Waals surface area contributed by atoms with Gasteiger partial charge in [-0.2, -0.15) is 0 Å². The van der Waals surface area contributed by atoms with E-state index < -0.39 is 11.2 Å². The molecule has 0 aliphatic carbocycles. The summed E-state index contributed by atoms with van der Waals surface area (Å²) in [5.41, 5.74) is -0.275. The molecule has 1 aliphatic rings. The van der Waals surface area contributed by atoms with Gasteiger partial charge in [0.1, 0.15) is 5.82 Å². The number of hydrogen-bond donors (Lipinski definition) is 1. The van der Waals surface area contributed by atoms with Gasteiger partial charge in [0, 0.05) is 16.4 Å². The zero-order valence-corrected chi connectivity index (χ0v) is 12.2. The van der Waals surface area contributed by atoms with Crippen LogP contribution in [0.1, 0.15) is 30.6 Å². The molecule has 18 heavy (non-hydrogen) atoms. The molecule has 1 unspecified atom stereocenters. The van der Waals surface area contributed by atoms with Gasteiger partial charge in [0.2, 0.25) is 0 Å². The van der Waals surface area contributed by atoms with E-state index in [1.54, 1.807) is 12.1 Å². The molecule has 1 fully saturated rings. The molecule has 1 atom stereocenters. The van der Waals surface area contributed by atoms with Gasteiger partial charge >= 0.3 is 0 Å². The van der Waals surface area contributed by atoms with E-state index in [1.165, 1.54) is 6.07 Å². The number of carbonyl (C=O) groups excluding carboxylic acids is 1. The molecule has 98 valence electrons. The molecule has 0 bridgehead atoms. The number of Topliss-reactive ketones (excluding diaryl/α,β-unsaturated/α-hetero) is 1. The van der Waals surface area contributed by atoms with Gasteiger partial charge in [-0.3, -0.25) is 4.79 Å². The third-order valence-electron chi connectivity index (χ3n) is 3.92. The summed E-state index contributed by atoms with van der Waals surface area (Å²) in [5, 5.41) is 3.22. The van der Waals surface area contributed by atoms with Crippen LogP contribution >= 0.6 is 15.9 Å². The smallest absolute Gasteiger partial charge is 0.173 e. The summed E-state index contributed by atoms with van der Waals surface area (Å²) in [7, 11) is 0. The highest BCUT2D eigenvalue weighted by atomic mass is 79.9. The SMILES string of the molecule is CC(C)C1(C(=O)c2cc(Br)ccc2F)CCNC1. The van der Waals surface area contributed by atoms with Crippen molar-refractivity contribution in [2.75, 3.05) is 13.1 Å². The Morgan fingerprint density at radius 3 is 2.78 bits per heavy atom. The third kappa shape index (κ3) is 2.24. The van der Waals surface area contributed by atoms with E-state index in [2.05, 4.69) is 21.2 Å². The van der Waals surface area contributed by atoms with Gasteiger partial charge in [0.25, 0.3) is 0 Å². The minimum absolute atomic E-state index is 0.0821. The zero-order chi connectivity index (χ0) is 13.3. The van der Waals surface area contributed by atoms with Crippen LogP contribution in [0.2, 0.25) is 0 Å². The van der Waals surface area contributed by atoms with E-state index in [9.17, 15) is 9.18 Å². The Labute approximate surface area is 115 Å². The Morgan fingerprint density at radius 1 is 1.50 bits per heavy atom. The number of nitrogens with one attached hydrogen (secondary N) is 1. The first-order chi connectivity index (χ1) is 8.47. The van der Waals surface area contributed by atoms with Crippen molar-refractivity contribution < 1.29 is 9.18 Å². The van der Waals surface area contributed by atoms with Crippen molar-refractivity contribution in [1.82, 2.24) is 5.32 Å². The average molecular weight is 314 g/mol. The van der Waals surface area contributed by atoms with E-state index in [1.807, 2.05) is 13.8 Å². The molecule has 1 N–H and O–H groups in total. The Hall–Kier alpha value is -0.740. The van der Waals surface area contributed by atoms with Gasteiger partial charge in [-0.15, -0.1) is 0 Å². The van der Waals surface area contributed by atoms with Gasteiger partial charge in [-0.1, -0.05) is 29.8 Å². The second kappa shape index (κ2) is 5.10. The summed E-state index contributed by atoms with van der Waals surface area (Å²) in [6, 6.07) is 4.54. The Kier molecular flexibility index (Phi) is 3.87. The Bertz CT molecular complexity index is 467. The number of ketones is 1. The highest BCUT2D eigenvalue weighted by Gasteiger charge is 2.44. The van der Waals surface area contributed by atoms with Crippen molar-refractivity contribution in [2.24, 2.45) is 11.3 Å². The fourth-order valence-electron chi connectivity index (χ4n) is 2.60. The van der Waals surface area contributed by atoms with Crippen molar-refractivity contribution in [1.29, 1.82) is 0 Å². The predicted molar refractivity (Wildman–Crippen MR) is 73.2 cm³/mol. The molecule has 0 saturated carbocycles. The second-order valence-corrected chi connectivity index (χ2v) is 6.11. The molecular formula is C14H17BrFNO. The average Bonchev–Trinajstić information content (AvgIpc) is 2.82. The summed E-state index contributed by atoms with van der Waals surface area (Å²) in [5.74, 6) is -0.324.